The Kier molecular flexibility index (Phi) is 2.98. The monoisotopic (exact) mass is 212 g/mol. The van der Waals surface area contributed by atoms with Crippen LogP contribution in [0.4, 0.5) is 0 Å². The van der Waals surface area contributed by atoms with Crippen LogP contribution in [0.25, 0.3) is 0 Å². The van der Waals surface area contributed by atoms with Crippen LogP contribution in [-0.2, 0) is 4.79 Å². The number of carbonyl (C=O) groups is 1. The molecule has 2 N–H and O–H groups in total. The molecule has 2 aliphatic heterocycles. The molecule has 4 atom stereocenters. The maximum atomic E-state index is 12.0. The largest absolute Gasteiger partial charge is 0.392 e. The van der Waals surface area contributed by atoms with Gasteiger partial charge in [-0.15, -0.1) is 0 Å². The number of amides is 1. The molecule has 0 saturated carbocycles. The summed E-state index contributed by atoms with van der Waals surface area (Å²) in [6.07, 6.45) is 0.217. The second kappa shape index (κ2) is 4.10. The van der Waals surface area contributed by atoms with Gasteiger partial charge in [0.25, 0.3) is 0 Å². The summed E-state index contributed by atoms with van der Waals surface area (Å²) in [5.74, 6) is 1.36. The van der Waals surface area contributed by atoms with Crippen LogP contribution in [0.15, 0.2) is 0 Å². The molecule has 0 bridgehead atoms. The van der Waals surface area contributed by atoms with Gasteiger partial charge >= 0.3 is 0 Å². The lowest BCUT2D eigenvalue weighted by Crippen LogP contribution is -2.42. The van der Waals surface area contributed by atoms with Crippen molar-refractivity contribution in [2.45, 2.75) is 32.4 Å². The molecule has 1 amide bonds. The zero-order valence-electron chi connectivity index (χ0n) is 9.44. The van der Waals surface area contributed by atoms with E-state index in [9.17, 15) is 9.90 Å². The Balaban J connectivity index is 1.92. The summed E-state index contributed by atoms with van der Waals surface area (Å²) >= 11 is 0. The van der Waals surface area contributed by atoms with Crippen LogP contribution in [0.2, 0.25) is 0 Å². The summed E-state index contributed by atoms with van der Waals surface area (Å²) in [6.45, 7) is 6.67. The lowest BCUT2D eigenvalue weighted by atomic mass is 10.0. The van der Waals surface area contributed by atoms with Gasteiger partial charge in [-0.1, -0.05) is 13.8 Å². The van der Waals surface area contributed by atoms with Gasteiger partial charge in [0.05, 0.1) is 12.1 Å². The molecule has 4 nitrogen and oxygen atoms in total. The fraction of sp³-hybridized carbons (Fsp3) is 0.909. The van der Waals surface area contributed by atoms with E-state index >= 15 is 0 Å². The van der Waals surface area contributed by atoms with E-state index in [1.807, 2.05) is 4.90 Å². The van der Waals surface area contributed by atoms with Crippen LogP contribution in [0.3, 0.4) is 0 Å². The summed E-state index contributed by atoms with van der Waals surface area (Å²) < 4.78 is 0. The Morgan fingerprint density at radius 3 is 2.40 bits per heavy atom. The molecule has 2 fully saturated rings. The minimum Gasteiger partial charge on any atom is -0.392 e. The number of rotatable bonds is 1. The van der Waals surface area contributed by atoms with Crippen molar-refractivity contribution in [2.75, 3.05) is 19.6 Å². The number of hydrogen-bond acceptors (Lipinski definition) is 3. The molecule has 15 heavy (non-hydrogen) atoms. The smallest absolute Gasteiger partial charge is 0.239 e. The Labute approximate surface area is 90.6 Å². The van der Waals surface area contributed by atoms with Crippen molar-refractivity contribution in [3.8, 4) is 0 Å². The summed E-state index contributed by atoms with van der Waals surface area (Å²) in [5.41, 5.74) is 0. The van der Waals surface area contributed by atoms with Gasteiger partial charge in [0.15, 0.2) is 0 Å². The van der Waals surface area contributed by atoms with Crippen LogP contribution in [0.1, 0.15) is 20.3 Å². The van der Waals surface area contributed by atoms with Crippen LogP contribution in [0.5, 0.6) is 0 Å². The minimum atomic E-state index is -0.351. The first kappa shape index (κ1) is 10.9. The van der Waals surface area contributed by atoms with Crippen molar-refractivity contribution >= 4 is 5.91 Å². The summed E-state index contributed by atoms with van der Waals surface area (Å²) in [5, 5.41) is 12.4. The maximum Gasteiger partial charge on any atom is 0.239 e. The molecule has 86 valence electrons. The van der Waals surface area contributed by atoms with Gasteiger partial charge in [0.2, 0.25) is 5.91 Å². The van der Waals surface area contributed by atoms with Crippen molar-refractivity contribution in [1.82, 2.24) is 10.2 Å². The number of likely N-dealkylation sites (tertiary alicyclic amines) is 1. The summed E-state index contributed by atoms with van der Waals surface area (Å²) in [4.78, 5) is 14.0. The molecule has 4 unspecified atom stereocenters. The van der Waals surface area contributed by atoms with E-state index < -0.39 is 0 Å². The van der Waals surface area contributed by atoms with Crippen molar-refractivity contribution in [1.29, 1.82) is 0 Å². The number of nitrogens with zero attached hydrogens (tertiary/aromatic N) is 1. The Bertz CT molecular complexity index is 247. The molecule has 0 aromatic rings. The normalized spacial score (nSPS) is 41.1. The van der Waals surface area contributed by atoms with E-state index in [2.05, 4.69) is 19.2 Å². The number of aliphatic hydroxyl groups excluding tert-OH is 1. The molecule has 2 rings (SSSR count). The zero-order chi connectivity index (χ0) is 11.0. The molecule has 0 aromatic heterocycles. The van der Waals surface area contributed by atoms with Crippen molar-refractivity contribution in [3.05, 3.63) is 0 Å². The first-order chi connectivity index (χ1) is 7.08. The van der Waals surface area contributed by atoms with Gasteiger partial charge in [-0.25, -0.2) is 0 Å². The zero-order valence-corrected chi connectivity index (χ0v) is 9.44. The summed E-state index contributed by atoms with van der Waals surface area (Å²) in [6, 6.07) is -0.155. The number of hydrogen-bond donors (Lipinski definition) is 2. The third-order valence-corrected chi connectivity index (χ3v) is 3.71. The molecule has 0 spiro atoms. The van der Waals surface area contributed by atoms with Gasteiger partial charge in [-0.05, 0) is 18.3 Å². The number of aliphatic hydroxyl groups is 1. The SMILES string of the molecule is CC1CN(C(=O)C2CC(O)CN2)CC1C. The summed E-state index contributed by atoms with van der Waals surface area (Å²) in [7, 11) is 0. The van der Waals surface area contributed by atoms with Crippen molar-refractivity contribution < 1.29 is 9.90 Å². The minimum absolute atomic E-state index is 0.155. The van der Waals surface area contributed by atoms with E-state index in [-0.39, 0.29) is 18.1 Å². The Hall–Kier alpha value is -0.610. The molecule has 2 aliphatic rings. The van der Waals surface area contributed by atoms with Gasteiger partial charge in [0.1, 0.15) is 0 Å². The van der Waals surface area contributed by atoms with E-state index in [0.717, 1.165) is 13.1 Å². The molecule has 0 aliphatic carbocycles. The fourth-order valence-electron chi connectivity index (χ4n) is 2.44. The number of β-amino-alcohol motifs (C(OH)–C–C–N with tert-alkyl or cyclic N) is 1. The second-order valence-corrected chi connectivity index (χ2v) is 5.05. The highest BCUT2D eigenvalue weighted by molar-refractivity contribution is 5.82. The van der Waals surface area contributed by atoms with Crippen LogP contribution >= 0.6 is 0 Å². The molecule has 4 heteroatoms. The second-order valence-electron chi connectivity index (χ2n) is 5.05. The molecule has 0 aromatic carbocycles. The van der Waals surface area contributed by atoms with Crippen molar-refractivity contribution in [2.24, 2.45) is 11.8 Å². The topological polar surface area (TPSA) is 52.6 Å². The molecular formula is C11H20N2O2. The third kappa shape index (κ3) is 2.16. The highest BCUT2D eigenvalue weighted by atomic mass is 16.3. The van der Waals surface area contributed by atoms with Crippen molar-refractivity contribution in [3.63, 3.8) is 0 Å². The molecule has 0 radical (unpaired) electrons. The van der Waals surface area contributed by atoms with E-state index in [1.54, 1.807) is 0 Å². The number of nitrogens with one attached hydrogen (secondary N) is 1. The average Bonchev–Trinajstić information content (AvgIpc) is 2.74. The fourth-order valence-corrected chi connectivity index (χ4v) is 2.44. The average molecular weight is 212 g/mol. The quantitative estimate of drug-likeness (QED) is 0.634. The molecule has 2 saturated heterocycles. The lowest BCUT2D eigenvalue weighted by molar-refractivity contribution is -0.132. The predicted octanol–water partition coefficient (Wildman–Crippen LogP) is -0.176. The van der Waals surface area contributed by atoms with Gasteiger partial charge in [-0.3, -0.25) is 4.79 Å². The Morgan fingerprint density at radius 1 is 1.33 bits per heavy atom. The highest BCUT2D eigenvalue weighted by Crippen LogP contribution is 2.23. The van der Waals surface area contributed by atoms with Gasteiger partial charge in [0, 0.05) is 19.6 Å². The first-order valence-electron chi connectivity index (χ1n) is 5.78. The van der Waals surface area contributed by atoms with Crippen LogP contribution in [-0.4, -0.2) is 47.7 Å². The molecule has 2 heterocycles. The third-order valence-electron chi connectivity index (χ3n) is 3.71. The lowest BCUT2D eigenvalue weighted by Gasteiger charge is -2.20. The van der Waals surface area contributed by atoms with Crippen LogP contribution < -0.4 is 5.32 Å². The predicted molar refractivity (Wildman–Crippen MR) is 57.3 cm³/mol. The maximum absolute atomic E-state index is 12.0. The van der Waals surface area contributed by atoms with Crippen LogP contribution in [0, 0.1) is 11.8 Å². The van der Waals surface area contributed by atoms with E-state index in [4.69, 9.17) is 0 Å². The molecular weight excluding hydrogens is 192 g/mol. The first-order valence-corrected chi connectivity index (χ1v) is 5.78. The van der Waals surface area contributed by atoms with E-state index in [1.165, 1.54) is 0 Å². The van der Waals surface area contributed by atoms with Gasteiger partial charge in [-0.2, -0.15) is 0 Å². The Morgan fingerprint density at radius 2 is 1.93 bits per heavy atom. The standard InChI is InChI=1S/C11H20N2O2/c1-7-5-13(6-8(7)2)11(15)10-3-9(14)4-12-10/h7-10,12,14H,3-6H2,1-2H3. The van der Waals surface area contributed by atoms with E-state index in [0.29, 0.717) is 24.8 Å². The number of carbonyl (C=O) groups excluding carboxylic acids is 1. The highest BCUT2D eigenvalue weighted by Gasteiger charge is 2.36. The van der Waals surface area contributed by atoms with Gasteiger partial charge < -0.3 is 15.3 Å².